The minimum atomic E-state index is 0.417. The number of rotatable bonds is 4. The number of hydrogen-bond donors (Lipinski definition) is 0. The first-order valence-electron chi connectivity index (χ1n) is 4.17. The minimum Gasteiger partial charge on any atom is -0.488 e. The van der Waals surface area contributed by atoms with Crippen LogP contribution in [0.1, 0.15) is 5.56 Å². The number of nitriles is 1. The maximum Gasteiger partial charge on any atom is 0.133 e. The van der Waals surface area contributed by atoms with E-state index in [1.807, 2.05) is 18.2 Å². The number of hydrogen-bond acceptors (Lipinski definition) is 2. The van der Waals surface area contributed by atoms with Crippen molar-refractivity contribution in [3.8, 4) is 11.8 Å². The Morgan fingerprint density at radius 1 is 1.57 bits per heavy atom. The molecule has 14 heavy (non-hydrogen) atoms. The first kappa shape index (κ1) is 10.8. The van der Waals surface area contributed by atoms with Crippen molar-refractivity contribution in [3.63, 3.8) is 0 Å². The monoisotopic (exact) mass is 251 g/mol. The summed E-state index contributed by atoms with van der Waals surface area (Å²) in [6.07, 6.45) is 2.11. The predicted octanol–water partition coefficient (Wildman–Crippen LogP) is 3.08. The Morgan fingerprint density at radius 3 is 2.93 bits per heavy atom. The second kappa shape index (κ2) is 5.46. The lowest BCUT2D eigenvalue weighted by Gasteiger charge is -2.06. The highest BCUT2D eigenvalue weighted by molar-refractivity contribution is 9.10. The Hall–Kier alpha value is -1.27. The van der Waals surface area contributed by atoms with Crippen LogP contribution in [0.2, 0.25) is 0 Å². The second-order valence-electron chi connectivity index (χ2n) is 2.70. The lowest BCUT2D eigenvalue weighted by molar-refractivity contribution is 0.361. The van der Waals surface area contributed by atoms with Crippen molar-refractivity contribution in [2.45, 2.75) is 6.42 Å². The molecule has 0 fully saturated rings. The van der Waals surface area contributed by atoms with Gasteiger partial charge >= 0.3 is 0 Å². The molecular weight excluding hydrogens is 242 g/mol. The van der Waals surface area contributed by atoms with Gasteiger partial charge in [-0.15, -0.1) is 0 Å². The maximum atomic E-state index is 8.51. The summed E-state index contributed by atoms with van der Waals surface area (Å²) in [4.78, 5) is 0. The molecule has 0 N–H and O–H groups in total. The van der Waals surface area contributed by atoms with E-state index in [1.54, 1.807) is 6.08 Å². The molecule has 0 spiro atoms. The van der Waals surface area contributed by atoms with Crippen LogP contribution in [-0.2, 0) is 6.42 Å². The van der Waals surface area contributed by atoms with Crippen molar-refractivity contribution in [2.75, 3.05) is 6.61 Å². The van der Waals surface area contributed by atoms with E-state index in [0.717, 1.165) is 15.8 Å². The van der Waals surface area contributed by atoms with E-state index in [0.29, 0.717) is 13.0 Å². The molecule has 0 saturated heterocycles. The first-order chi connectivity index (χ1) is 6.77. The van der Waals surface area contributed by atoms with E-state index in [2.05, 4.69) is 28.6 Å². The van der Waals surface area contributed by atoms with Crippen LogP contribution in [0.25, 0.3) is 0 Å². The molecule has 0 bridgehead atoms. The zero-order valence-corrected chi connectivity index (χ0v) is 9.25. The summed E-state index contributed by atoms with van der Waals surface area (Å²) in [5, 5.41) is 8.51. The zero-order chi connectivity index (χ0) is 10.4. The molecule has 0 atom stereocenters. The van der Waals surface area contributed by atoms with Crippen molar-refractivity contribution in [1.82, 2.24) is 0 Å². The number of benzene rings is 1. The Balaban J connectivity index is 2.79. The smallest absolute Gasteiger partial charge is 0.133 e. The number of ether oxygens (including phenoxy) is 1. The van der Waals surface area contributed by atoms with Crippen LogP contribution in [0.3, 0.4) is 0 Å². The van der Waals surface area contributed by atoms with Gasteiger partial charge in [-0.05, 0) is 33.6 Å². The van der Waals surface area contributed by atoms with Crippen LogP contribution in [0.5, 0.6) is 5.75 Å². The standard InChI is InChI=1S/C11H10BrNO/c1-2-7-14-11-4-3-9(5-6-13)8-10(11)12/h2-4,8H,1,5,7H2. The second-order valence-corrected chi connectivity index (χ2v) is 3.55. The third-order valence-electron chi connectivity index (χ3n) is 1.64. The Bertz CT molecular complexity index is 368. The molecule has 2 nitrogen and oxygen atoms in total. The van der Waals surface area contributed by atoms with E-state index in [9.17, 15) is 0 Å². The van der Waals surface area contributed by atoms with Gasteiger partial charge in [0.15, 0.2) is 0 Å². The van der Waals surface area contributed by atoms with Crippen molar-refractivity contribution in [2.24, 2.45) is 0 Å². The Morgan fingerprint density at radius 2 is 2.36 bits per heavy atom. The van der Waals surface area contributed by atoms with Crippen molar-refractivity contribution < 1.29 is 4.74 Å². The van der Waals surface area contributed by atoms with Gasteiger partial charge in [0.05, 0.1) is 17.0 Å². The lowest BCUT2D eigenvalue weighted by atomic mass is 10.2. The van der Waals surface area contributed by atoms with Gasteiger partial charge in [0.25, 0.3) is 0 Å². The average molecular weight is 252 g/mol. The molecule has 0 saturated carbocycles. The van der Waals surface area contributed by atoms with Gasteiger partial charge in [-0.3, -0.25) is 0 Å². The summed E-state index contributed by atoms with van der Waals surface area (Å²) in [6.45, 7) is 4.05. The summed E-state index contributed by atoms with van der Waals surface area (Å²) in [7, 11) is 0. The van der Waals surface area contributed by atoms with E-state index in [1.165, 1.54) is 0 Å². The normalized spacial score (nSPS) is 9.14. The fourth-order valence-electron chi connectivity index (χ4n) is 1.01. The highest BCUT2D eigenvalue weighted by atomic mass is 79.9. The van der Waals surface area contributed by atoms with E-state index >= 15 is 0 Å². The van der Waals surface area contributed by atoms with Gasteiger partial charge in [0.2, 0.25) is 0 Å². The summed E-state index contributed by atoms with van der Waals surface area (Å²) in [5.41, 5.74) is 0.977. The molecule has 1 aromatic carbocycles. The van der Waals surface area contributed by atoms with Crippen LogP contribution < -0.4 is 4.74 Å². The molecule has 0 amide bonds. The molecule has 0 unspecified atom stereocenters. The molecule has 1 rings (SSSR count). The summed E-state index contributed by atoms with van der Waals surface area (Å²) in [5.74, 6) is 0.770. The van der Waals surface area contributed by atoms with Crippen molar-refractivity contribution >= 4 is 15.9 Å². The van der Waals surface area contributed by atoms with E-state index < -0.39 is 0 Å². The summed E-state index contributed by atoms with van der Waals surface area (Å²) >= 11 is 3.38. The summed E-state index contributed by atoms with van der Waals surface area (Å²) < 4.78 is 6.24. The van der Waals surface area contributed by atoms with Gasteiger partial charge in [-0.25, -0.2) is 0 Å². The van der Waals surface area contributed by atoms with Gasteiger partial charge in [0, 0.05) is 0 Å². The van der Waals surface area contributed by atoms with E-state index in [4.69, 9.17) is 10.00 Å². The maximum absolute atomic E-state index is 8.51. The molecule has 3 heteroatoms. The van der Waals surface area contributed by atoms with Gasteiger partial charge < -0.3 is 4.74 Å². The van der Waals surface area contributed by atoms with Gasteiger partial charge in [-0.2, -0.15) is 5.26 Å². The van der Waals surface area contributed by atoms with Gasteiger partial charge in [0.1, 0.15) is 12.4 Å². The molecule has 0 aliphatic heterocycles. The van der Waals surface area contributed by atoms with Crippen LogP contribution in [0.15, 0.2) is 35.3 Å². The Labute approximate surface area is 91.9 Å². The molecule has 0 heterocycles. The topological polar surface area (TPSA) is 33.0 Å². The third-order valence-corrected chi connectivity index (χ3v) is 2.26. The predicted molar refractivity (Wildman–Crippen MR) is 59.2 cm³/mol. The fraction of sp³-hybridized carbons (Fsp3) is 0.182. The van der Waals surface area contributed by atoms with Crippen LogP contribution in [0, 0.1) is 11.3 Å². The average Bonchev–Trinajstić information content (AvgIpc) is 2.17. The number of nitrogens with zero attached hydrogens (tertiary/aromatic N) is 1. The van der Waals surface area contributed by atoms with Crippen molar-refractivity contribution in [1.29, 1.82) is 5.26 Å². The molecule has 72 valence electrons. The highest BCUT2D eigenvalue weighted by Gasteiger charge is 2.01. The Kier molecular flexibility index (Phi) is 4.21. The van der Waals surface area contributed by atoms with Crippen LogP contribution >= 0.6 is 15.9 Å². The minimum absolute atomic E-state index is 0.417. The number of halogens is 1. The van der Waals surface area contributed by atoms with E-state index in [-0.39, 0.29) is 0 Å². The van der Waals surface area contributed by atoms with Gasteiger partial charge in [-0.1, -0.05) is 18.7 Å². The third kappa shape index (κ3) is 2.90. The lowest BCUT2D eigenvalue weighted by Crippen LogP contribution is -1.94. The molecule has 0 aromatic heterocycles. The van der Waals surface area contributed by atoms with Crippen molar-refractivity contribution in [3.05, 3.63) is 40.9 Å². The molecule has 0 aliphatic rings. The molecule has 0 aliphatic carbocycles. The van der Waals surface area contributed by atoms with Crippen LogP contribution in [-0.4, -0.2) is 6.61 Å². The molecule has 0 radical (unpaired) electrons. The first-order valence-corrected chi connectivity index (χ1v) is 4.96. The largest absolute Gasteiger partial charge is 0.488 e. The van der Waals surface area contributed by atoms with Crippen LogP contribution in [0.4, 0.5) is 0 Å². The molecular formula is C11H10BrNO. The fourth-order valence-corrected chi connectivity index (χ4v) is 1.55. The quantitative estimate of drug-likeness (QED) is 0.771. The SMILES string of the molecule is C=CCOc1ccc(CC#N)cc1Br. The summed E-state index contributed by atoms with van der Waals surface area (Å²) in [6, 6.07) is 7.72. The highest BCUT2D eigenvalue weighted by Crippen LogP contribution is 2.26. The zero-order valence-electron chi connectivity index (χ0n) is 7.66. The molecule has 1 aromatic rings.